The Morgan fingerprint density at radius 1 is 1.32 bits per heavy atom. The Bertz CT molecular complexity index is 907. The molecular weight excluding hydrogens is 318 g/mol. The number of benzene rings is 1. The van der Waals surface area contributed by atoms with Crippen LogP contribution in [0.25, 0.3) is 0 Å². The zero-order valence-corrected chi connectivity index (χ0v) is 14.8. The minimum absolute atomic E-state index is 0.00647. The highest BCUT2D eigenvalue weighted by molar-refractivity contribution is 5.91. The van der Waals surface area contributed by atoms with Crippen LogP contribution in [0.1, 0.15) is 27.9 Å². The lowest BCUT2D eigenvalue weighted by Gasteiger charge is -2.14. The lowest BCUT2D eigenvalue weighted by atomic mass is 10.1. The number of methoxy groups -OCH3 is 1. The third-order valence-electron chi connectivity index (χ3n) is 4.18. The molecule has 0 aliphatic rings. The molecule has 0 saturated heterocycles. The van der Waals surface area contributed by atoms with Crippen molar-refractivity contribution in [3.8, 4) is 6.07 Å². The van der Waals surface area contributed by atoms with Gasteiger partial charge in [-0.2, -0.15) is 5.26 Å². The van der Waals surface area contributed by atoms with Crippen LogP contribution in [0, 0.1) is 32.1 Å². The fraction of sp³-hybridized carbons (Fsp3) is 0.316. The van der Waals surface area contributed by atoms with Gasteiger partial charge in [0.25, 0.3) is 5.56 Å². The highest BCUT2D eigenvalue weighted by Gasteiger charge is 2.15. The van der Waals surface area contributed by atoms with Crippen molar-refractivity contribution >= 4 is 11.6 Å². The number of pyridine rings is 1. The number of nitrogens with one attached hydrogen (secondary N) is 1. The van der Waals surface area contributed by atoms with E-state index in [-0.39, 0.29) is 24.6 Å². The van der Waals surface area contributed by atoms with Crippen molar-refractivity contribution in [2.75, 3.05) is 12.4 Å². The summed E-state index contributed by atoms with van der Waals surface area (Å²) in [5.74, 6) is -0.317. The summed E-state index contributed by atoms with van der Waals surface area (Å²) in [7, 11) is 1.50. The lowest BCUT2D eigenvalue weighted by molar-refractivity contribution is -0.116. The first-order valence-corrected chi connectivity index (χ1v) is 7.87. The van der Waals surface area contributed by atoms with Crippen LogP contribution in [0.3, 0.4) is 0 Å². The van der Waals surface area contributed by atoms with Crippen molar-refractivity contribution in [1.82, 2.24) is 4.57 Å². The molecule has 0 atom stereocenters. The van der Waals surface area contributed by atoms with Crippen molar-refractivity contribution < 1.29 is 9.53 Å². The van der Waals surface area contributed by atoms with Crippen LogP contribution in [0.2, 0.25) is 0 Å². The zero-order chi connectivity index (χ0) is 18.6. The standard InChI is InChI=1S/C19H21N3O3/c1-12-6-5-7-17(14(12)3)21-18(23)10-22-13(2)8-15(11-25-4)16(9-20)19(22)24/h5-8H,10-11H2,1-4H3,(H,21,23). The average Bonchev–Trinajstić information content (AvgIpc) is 2.56. The second-order valence-corrected chi connectivity index (χ2v) is 5.92. The maximum atomic E-state index is 12.5. The minimum atomic E-state index is -0.481. The van der Waals surface area contributed by atoms with Gasteiger partial charge in [0.1, 0.15) is 18.2 Å². The van der Waals surface area contributed by atoms with Gasteiger partial charge in [-0.3, -0.25) is 9.59 Å². The van der Waals surface area contributed by atoms with Crippen LogP contribution in [-0.2, 0) is 22.7 Å². The number of nitriles is 1. The molecule has 1 aromatic heterocycles. The molecule has 2 aromatic rings. The SMILES string of the molecule is COCc1cc(C)n(CC(=O)Nc2cccc(C)c2C)c(=O)c1C#N. The van der Waals surface area contributed by atoms with Crippen molar-refractivity contribution in [3.63, 3.8) is 0 Å². The molecule has 0 unspecified atom stereocenters. The van der Waals surface area contributed by atoms with Crippen LogP contribution in [0.4, 0.5) is 5.69 Å². The molecule has 25 heavy (non-hydrogen) atoms. The van der Waals surface area contributed by atoms with E-state index in [1.807, 2.05) is 38.1 Å². The van der Waals surface area contributed by atoms with Gasteiger partial charge in [-0.25, -0.2) is 0 Å². The third kappa shape index (κ3) is 3.95. The fourth-order valence-electron chi connectivity index (χ4n) is 2.64. The number of aromatic nitrogens is 1. The van der Waals surface area contributed by atoms with Crippen LogP contribution < -0.4 is 10.9 Å². The van der Waals surface area contributed by atoms with E-state index in [9.17, 15) is 14.9 Å². The Balaban J connectivity index is 2.31. The van der Waals surface area contributed by atoms with Crippen LogP contribution >= 0.6 is 0 Å². The van der Waals surface area contributed by atoms with E-state index in [0.29, 0.717) is 16.9 Å². The second kappa shape index (κ2) is 7.77. The first-order chi connectivity index (χ1) is 11.9. The molecule has 0 aliphatic carbocycles. The molecule has 2 rings (SSSR count). The normalized spacial score (nSPS) is 10.4. The number of carbonyl (C=O) groups excluding carboxylic acids is 1. The largest absolute Gasteiger partial charge is 0.380 e. The number of carbonyl (C=O) groups is 1. The third-order valence-corrected chi connectivity index (χ3v) is 4.18. The van der Waals surface area contributed by atoms with Gasteiger partial charge in [-0.05, 0) is 44.0 Å². The fourth-order valence-corrected chi connectivity index (χ4v) is 2.64. The average molecular weight is 339 g/mol. The molecule has 0 aliphatic heterocycles. The second-order valence-electron chi connectivity index (χ2n) is 5.92. The first kappa shape index (κ1) is 18.4. The van der Waals surface area contributed by atoms with Crippen LogP contribution in [0.15, 0.2) is 29.1 Å². The number of ether oxygens (including phenoxy) is 1. The number of hydrogen-bond donors (Lipinski definition) is 1. The number of aryl methyl sites for hydroxylation is 2. The molecule has 0 bridgehead atoms. The number of rotatable bonds is 5. The van der Waals surface area contributed by atoms with Gasteiger partial charge < -0.3 is 14.6 Å². The maximum absolute atomic E-state index is 12.5. The molecule has 0 spiro atoms. The highest BCUT2D eigenvalue weighted by Crippen LogP contribution is 2.18. The van der Waals surface area contributed by atoms with Crippen LogP contribution in [0.5, 0.6) is 0 Å². The monoisotopic (exact) mass is 339 g/mol. The van der Waals surface area contributed by atoms with Crippen molar-refractivity contribution in [2.45, 2.75) is 33.9 Å². The Morgan fingerprint density at radius 2 is 2.04 bits per heavy atom. The van der Waals surface area contributed by atoms with Crippen molar-refractivity contribution in [3.05, 3.63) is 62.6 Å². The number of nitrogens with zero attached hydrogens (tertiary/aromatic N) is 2. The van der Waals surface area contributed by atoms with Crippen molar-refractivity contribution in [1.29, 1.82) is 5.26 Å². The molecule has 1 heterocycles. The molecule has 6 nitrogen and oxygen atoms in total. The molecule has 130 valence electrons. The summed E-state index contributed by atoms with van der Waals surface area (Å²) in [5.41, 5.74) is 3.42. The van der Waals surface area contributed by atoms with E-state index >= 15 is 0 Å². The molecule has 1 N–H and O–H groups in total. The predicted molar refractivity (Wildman–Crippen MR) is 95.4 cm³/mol. The molecule has 0 saturated carbocycles. The molecule has 1 amide bonds. The highest BCUT2D eigenvalue weighted by atomic mass is 16.5. The predicted octanol–water partition coefficient (Wildman–Crippen LogP) is 2.43. The lowest BCUT2D eigenvalue weighted by Crippen LogP contribution is -2.31. The van der Waals surface area contributed by atoms with Gasteiger partial charge in [-0.1, -0.05) is 12.1 Å². The summed E-state index contributed by atoms with van der Waals surface area (Å²) in [4.78, 5) is 24.9. The smallest absolute Gasteiger partial charge is 0.269 e. The molecule has 1 aromatic carbocycles. The van der Waals surface area contributed by atoms with E-state index in [0.717, 1.165) is 11.1 Å². The summed E-state index contributed by atoms with van der Waals surface area (Å²) >= 11 is 0. The Hall–Kier alpha value is -2.91. The van der Waals surface area contributed by atoms with Crippen molar-refractivity contribution in [2.24, 2.45) is 0 Å². The number of anilines is 1. The summed E-state index contributed by atoms with van der Waals surface area (Å²) in [6, 6.07) is 9.26. The maximum Gasteiger partial charge on any atom is 0.269 e. The van der Waals surface area contributed by atoms with Gasteiger partial charge in [-0.15, -0.1) is 0 Å². The summed E-state index contributed by atoms with van der Waals surface area (Å²) in [5, 5.41) is 12.1. The molecule has 6 heteroatoms. The first-order valence-electron chi connectivity index (χ1n) is 7.87. The van der Waals surface area contributed by atoms with E-state index in [1.54, 1.807) is 13.0 Å². The van der Waals surface area contributed by atoms with Gasteiger partial charge in [0.15, 0.2) is 0 Å². The summed E-state index contributed by atoms with van der Waals surface area (Å²) in [6.45, 7) is 5.64. The quantitative estimate of drug-likeness (QED) is 0.907. The van der Waals surface area contributed by atoms with Gasteiger partial charge in [0.2, 0.25) is 5.91 Å². The van der Waals surface area contributed by atoms with E-state index in [2.05, 4.69) is 5.32 Å². The van der Waals surface area contributed by atoms with Gasteiger partial charge in [0, 0.05) is 24.1 Å². The van der Waals surface area contributed by atoms with Crippen LogP contribution in [-0.4, -0.2) is 17.6 Å². The zero-order valence-electron chi connectivity index (χ0n) is 14.8. The Morgan fingerprint density at radius 3 is 2.68 bits per heavy atom. The molecule has 0 radical (unpaired) electrons. The number of hydrogen-bond acceptors (Lipinski definition) is 4. The Kier molecular flexibility index (Phi) is 5.73. The van der Waals surface area contributed by atoms with E-state index in [4.69, 9.17) is 4.74 Å². The topological polar surface area (TPSA) is 84.1 Å². The summed E-state index contributed by atoms with van der Waals surface area (Å²) in [6.07, 6.45) is 0. The van der Waals surface area contributed by atoms with Gasteiger partial charge >= 0.3 is 0 Å². The minimum Gasteiger partial charge on any atom is -0.380 e. The van der Waals surface area contributed by atoms with E-state index in [1.165, 1.54) is 11.7 Å². The molecular formula is C19H21N3O3. The van der Waals surface area contributed by atoms with E-state index < -0.39 is 5.56 Å². The number of amides is 1. The van der Waals surface area contributed by atoms with Gasteiger partial charge in [0.05, 0.1) is 6.61 Å². The summed E-state index contributed by atoms with van der Waals surface area (Å²) < 4.78 is 6.33. The Labute approximate surface area is 146 Å². The molecule has 0 fully saturated rings.